The Bertz CT molecular complexity index is 683. The molecule has 2 heterocycles. The van der Waals surface area contributed by atoms with Crippen LogP contribution in [0.4, 0.5) is 0 Å². The van der Waals surface area contributed by atoms with Gasteiger partial charge in [-0.25, -0.2) is 4.98 Å². The maximum atomic E-state index is 12.3. The highest BCUT2D eigenvalue weighted by Crippen LogP contribution is 2.37. The minimum Gasteiger partial charge on any atom is -0.302 e. The lowest BCUT2D eigenvalue weighted by atomic mass is 9.76. The van der Waals surface area contributed by atoms with Gasteiger partial charge in [0.25, 0.3) is 0 Å². The maximum absolute atomic E-state index is 12.3. The third kappa shape index (κ3) is 2.16. The van der Waals surface area contributed by atoms with E-state index in [0.717, 1.165) is 29.2 Å². The molecular weight excluding hydrogens is 272 g/mol. The fraction of sp³-hybridized carbons (Fsp3) is 0.375. The zero-order chi connectivity index (χ0) is 14.5. The van der Waals surface area contributed by atoms with E-state index in [0.29, 0.717) is 11.4 Å². The Labute approximate surface area is 123 Å². The lowest BCUT2D eigenvalue weighted by Crippen LogP contribution is -2.28. The molecule has 2 aromatic heterocycles. The SMILES string of the molecule is Cc1cc2c(n1-c1ccc(Cl)cn1)CC(C)(C)CC2=O. The average Bonchev–Trinajstić information content (AvgIpc) is 2.66. The van der Waals surface area contributed by atoms with Crippen LogP contribution in [0.3, 0.4) is 0 Å². The number of rotatable bonds is 1. The molecule has 0 unspecified atom stereocenters. The number of Topliss-reactive ketones (excluding diaryl/α,β-unsaturated/α-hetero) is 1. The van der Waals surface area contributed by atoms with Crippen molar-refractivity contribution in [3.63, 3.8) is 0 Å². The summed E-state index contributed by atoms with van der Waals surface area (Å²) in [6.45, 7) is 6.28. The van der Waals surface area contributed by atoms with Crippen LogP contribution >= 0.6 is 11.6 Å². The molecule has 0 atom stereocenters. The molecule has 1 aliphatic rings. The van der Waals surface area contributed by atoms with Gasteiger partial charge in [0.1, 0.15) is 5.82 Å². The normalized spacial score (nSPS) is 17.1. The number of hydrogen-bond acceptors (Lipinski definition) is 2. The number of nitrogens with zero attached hydrogens (tertiary/aromatic N) is 2. The van der Waals surface area contributed by atoms with E-state index in [-0.39, 0.29) is 11.2 Å². The van der Waals surface area contributed by atoms with E-state index < -0.39 is 0 Å². The van der Waals surface area contributed by atoms with E-state index in [1.165, 1.54) is 0 Å². The van der Waals surface area contributed by atoms with Crippen molar-refractivity contribution in [3.05, 3.63) is 46.4 Å². The number of fused-ring (bicyclic) bond motifs is 1. The molecule has 0 aromatic carbocycles. The van der Waals surface area contributed by atoms with E-state index >= 15 is 0 Å². The third-order valence-electron chi connectivity index (χ3n) is 3.81. The molecule has 0 radical (unpaired) electrons. The number of carbonyl (C=O) groups excluding carboxylic acids is 1. The summed E-state index contributed by atoms with van der Waals surface area (Å²) in [7, 11) is 0. The van der Waals surface area contributed by atoms with Gasteiger partial charge in [0.05, 0.1) is 5.02 Å². The zero-order valence-electron chi connectivity index (χ0n) is 11.9. The predicted octanol–water partition coefficient (Wildman–Crippen LogP) is 3.99. The van der Waals surface area contributed by atoms with E-state index in [4.69, 9.17) is 11.6 Å². The molecule has 3 nitrogen and oxygen atoms in total. The quantitative estimate of drug-likeness (QED) is 0.795. The van der Waals surface area contributed by atoms with Crippen LogP contribution in [0, 0.1) is 12.3 Å². The van der Waals surface area contributed by atoms with Crippen LogP contribution in [-0.4, -0.2) is 15.3 Å². The molecule has 0 saturated heterocycles. The van der Waals surface area contributed by atoms with Gasteiger partial charge in [-0.3, -0.25) is 4.79 Å². The van der Waals surface area contributed by atoms with Crippen LogP contribution in [0.15, 0.2) is 24.4 Å². The predicted molar refractivity (Wildman–Crippen MR) is 79.7 cm³/mol. The first-order valence-electron chi connectivity index (χ1n) is 6.74. The molecule has 1 aliphatic carbocycles. The largest absolute Gasteiger partial charge is 0.302 e. The summed E-state index contributed by atoms with van der Waals surface area (Å²) in [6, 6.07) is 5.69. The van der Waals surface area contributed by atoms with Gasteiger partial charge >= 0.3 is 0 Å². The van der Waals surface area contributed by atoms with Crippen LogP contribution in [-0.2, 0) is 6.42 Å². The Balaban J connectivity index is 2.18. The van der Waals surface area contributed by atoms with Crippen LogP contribution < -0.4 is 0 Å². The van der Waals surface area contributed by atoms with Gasteiger partial charge in [0.15, 0.2) is 5.78 Å². The second-order valence-corrected chi connectivity index (χ2v) is 6.69. The van der Waals surface area contributed by atoms with E-state index in [9.17, 15) is 4.79 Å². The number of pyridine rings is 1. The zero-order valence-corrected chi connectivity index (χ0v) is 12.7. The molecule has 0 fully saturated rings. The minimum atomic E-state index is -0.000940. The molecule has 0 bridgehead atoms. The van der Waals surface area contributed by atoms with E-state index in [1.54, 1.807) is 6.20 Å². The fourth-order valence-corrected chi connectivity index (χ4v) is 3.08. The number of carbonyl (C=O) groups is 1. The highest BCUT2D eigenvalue weighted by Gasteiger charge is 2.34. The molecule has 3 rings (SSSR count). The number of hydrogen-bond donors (Lipinski definition) is 0. The van der Waals surface area contributed by atoms with Crippen LogP contribution in [0.5, 0.6) is 0 Å². The molecule has 0 saturated carbocycles. The van der Waals surface area contributed by atoms with Gasteiger partial charge in [-0.05, 0) is 37.0 Å². The second kappa shape index (κ2) is 4.45. The van der Waals surface area contributed by atoms with Gasteiger partial charge in [-0.2, -0.15) is 0 Å². The molecule has 104 valence electrons. The number of aromatic nitrogens is 2. The van der Waals surface area contributed by atoms with E-state index in [2.05, 4.69) is 23.4 Å². The first kappa shape index (κ1) is 13.4. The Morgan fingerprint density at radius 1 is 1.30 bits per heavy atom. The summed E-state index contributed by atoms with van der Waals surface area (Å²) >= 11 is 5.90. The number of aryl methyl sites for hydroxylation is 1. The van der Waals surface area contributed by atoms with Gasteiger partial charge in [-0.15, -0.1) is 0 Å². The van der Waals surface area contributed by atoms with Crippen molar-refractivity contribution in [1.29, 1.82) is 0 Å². The average molecular weight is 289 g/mol. The summed E-state index contributed by atoms with van der Waals surface area (Å²) in [4.78, 5) is 16.7. The first-order chi connectivity index (χ1) is 9.37. The molecule has 0 N–H and O–H groups in total. The van der Waals surface area contributed by atoms with Crippen molar-refractivity contribution in [2.24, 2.45) is 5.41 Å². The standard InChI is InChI=1S/C16H17ClN2O/c1-10-6-12-13(7-16(2,3)8-14(12)20)19(10)15-5-4-11(17)9-18-15/h4-6,9H,7-8H2,1-3H3. The molecule has 20 heavy (non-hydrogen) atoms. The van der Waals surface area contributed by atoms with Crippen LogP contribution in [0.1, 0.15) is 42.0 Å². The molecule has 2 aromatic rings. The van der Waals surface area contributed by atoms with Crippen molar-refractivity contribution >= 4 is 17.4 Å². The molecular formula is C16H17ClN2O. The Kier molecular flexibility index (Phi) is 2.98. The minimum absolute atomic E-state index is 0.000940. The molecule has 0 spiro atoms. The smallest absolute Gasteiger partial charge is 0.165 e. The third-order valence-corrected chi connectivity index (χ3v) is 4.04. The summed E-state index contributed by atoms with van der Waals surface area (Å²) in [5.41, 5.74) is 2.95. The van der Waals surface area contributed by atoms with Gasteiger partial charge in [-0.1, -0.05) is 25.4 Å². The van der Waals surface area contributed by atoms with Gasteiger partial charge < -0.3 is 4.57 Å². The highest BCUT2D eigenvalue weighted by molar-refractivity contribution is 6.30. The number of halogens is 1. The first-order valence-corrected chi connectivity index (χ1v) is 7.11. The summed E-state index contributed by atoms with van der Waals surface area (Å²) in [6.07, 6.45) is 3.13. The van der Waals surface area contributed by atoms with Gasteiger partial charge in [0, 0.05) is 29.6 Å². The Hall–Kier alpha value is -1.61. The van der Waals surface area contributed by atoms with Crippen molar-refractivity contribution < 1.29 is 4.79 Å². The lowest BCUT2D eigenvalue weighted by molar-refractivity contribution is 0.0911. The Morgan fingerprint density at radius 2 is 2.05 bits per heavy atom. The van der Waals surface area contributed by atoms with Crippen molar-refractivity contribution in [1.82, 2.24) is 9.55 Å². The second-order valence-electron chi connectivity index (χ2n) is 6.26. The van der Waals surface area contributed by atoms with E-state index in [1.807, 2.05) is 25.1 Å². The maximum Gasteiger partial charge on any atom is 0.165 e. The summed E-state index contributed by atoms with van der Waals surface area (Å²) in [5, 5.41) is 0.615. The van der Waals surface area contributed by atoms with Crippen LogP contribution in [0.25, 0.3) is 5.82 Å². The topological polar surface area (TPSA) is 34.9 Å². The summed E-state index contributed by atoms with van der Waals surface area (Å²) in [5.74, 6) is 1.05. The monoisotopic (exact) mass is 288 g/mol. The molecule has 0 aliphatic heterocycles. The highest BCUT2D eigenvalue weighted by atomic mass is 35.5. The van der Waals surface area contributed by atoms with Crippen molar-refractivity contribution in [3.8, 4) is 5.82 Å². The summed E-state index contributed by atoms with van der Waals surface area (Å²) < 4.78 is 2.07. The van der Waals surface area contributed by atoms with Crippen LogP contribution in [0.2, 0.25) is 5.02 Å². The van der Waals surface area contributed by atoms with Gasteiger partial charge in [0.2, 0.25) is 0 Å². The number of ketones is 1. The van der Waals surface area contributed by atoms with Crippen molar-refractivity contribution in [2.75, 3.05) is 0 Å². The van der Waals surface area contributed by atoms with Crippen molar-refractivity contribution in [2.45, 2.75) is 33.6 Å². The molecule has 0 amide bonds. The lowest BCUT2D eigenvalue weighted by Gasteiger charge is -2.29. The fourth-order valence-electron chi connectivity index (χ4n) is 2.97. The Morgan fingerprint density at radius 3 is 2.70 bits per heavy atom. The molecule has 4 heteroatoms.